The van der Waals surface area contributed by atoms with E-state index in [1.807, 2.05) is 13.1 Å². The summed E-state index contributed by atoms with van der Waals surface area (Å²) in [5.41, 5.74) is 4.18. The van der Waals surface area contributed by atoms with Crippen LogP contribution in [0, 0.1) is 0 Å². The molecule has 0 saturated heterocycles. The molecule has 1 N–H and O–H groups in total. The Morgan fingerprint density at radius 1 is 1.16 bits per heavy atom. The van der Waals surface area contributed by atoms with E-state index in [1.165, 1.54) is 16.7 Å². The minimum atomic E-state index is 0.471. The molecule has 0 spiro atoms. The summed E-state index contributed by atoms with van der Waals surface area (Å²) in [7, 11) is 1.88. The van der Waals surface area contributed by atoms with Crippen molar-refractivity contribution >= 4 is 5.96 Å². The van der Waals surface area contributed by atoms with Gasteiger partial charge in [0.25, 0.3) is 0 Å². The standard InChI is InChI=1S/C21H25N3O/c1-22-21(24-12-10-16-6-2-3-7-18(16)15-24)23-14-17-11-13-25-20-9-5-4-8-19(17)20/h2-9,17H,10-15H2,1H3,(H,22,23). The van der Waals surface area contributed by atoms with Gasteiger partial charge in [-0.05, 0) is 35.6 Å². The van der Waals surface area contributed by atoms with Crippen LogP contribution in [0.3, 0.4) is 0 Å². The Bertz CT molecular complexity index is 771. The quantitative estimate of drug-likeness (QED) is 0.676. The van der Waals surface area contributed by atoms with Gasteiger partial charge in [0.1, 0.15) is 5.75 Å². The van der Waals surface area contributed by atoms with Crippen LogP contribution < -0.4 is 10.1 Å². The van der Waals surface area contributed by atoms with Gasteiger partial charge in [0.15, 0.2) is 5.96 Å². The predicted molar refractivity (Wildman–Crippen MR) is 101 cm³/mol. The molecule has 0 radical (unpaired) electrons. The maximum absolute atomic E-state index is 5.77. The van der Waals surface area contributed by atoms with Crippen LogP contribution in [0.4, 0.5) is 0 Å². The number of hydrogen-bond acceptors (Lipinski definition) is 2. The number of hydrogen-bond donors (Lipinski definition) is 1. The first-order valence-electron chi connectivity index (χ1n) is 9.09. The molecule has 0 amide bonds. The smallest absolute Gasteiger partial charge is 0.193 e. The zero-order chi connectivity index (χ0) is 17.1. The second kappa shape index (κ2) is 7.18. The summed E-state index contributed by atoms with van der Waals surface area (Å²) >= 11 is 0. The van der Waals surface area contributed by atoms with Crippen LogP contribution in [-0.4, -0.2) is 37.6 Å². The van der Waals surface area contributed by atoms with E-state index in [4.69, 9.17) is 4.74 Å². The fourth-order valence-corrected chi connectivity index (χ4v) is 3.85. The van der Waals surface area contributed by atoms with Gasteiger partial charge in [0.05, 0.1) is 6.61 Å². The molecule has 2 heterocycles. The molecule has 1 atom stereocenters. The molecule has 2 aromatic carbocycles. The Labute approximate surface area is 149 Å². The number of nitrogens with zero attached hydrogens (tertiary/aromatic N) is 2. The average Bonchev–Trinajstić information content (AvgIpc) is 2.68. The lowest BCUT2D eigenvalue weighted by molar-refractivity contribution is 0.266. The summed E-state index contributed by atoms with van der Waals surface area (Å²) in [6.45, 7) is 3.63. The first kappa shape index (κ1) is 16.0. The second-order valence-corrected chi connectivity index (χ2v) is 6.74. The summed E-state index contributed by atoms with van der Waals surface area (Å²) < 4.78 is 5.77. The SMILES string of the molecule is CN=C(NCC1CCOc2ccccc21)N1CCc2ccccc2C1. The van der Waals surface area contributed by atoms with Gasteiger partial charge in [0.2, 0.25) is 0 Å². The van der Waals surface area contributed by atoms with Gasteiger partial charge >= 0.3 is 0 Å². The van der Waals surface area contributed by atoms with Crippen LogP contribution in [0.5, 0.6) is 5.75 Å². The first-order valence-corrected chi connectivity index (χ1v) is 9.09. The lowest BCUT2D eigenvalue weighted by Gasteiger charge is -2.33. The van der Waals surface area contributed by atoms with Crippen molar-refractivity contribution in [2.75, 3.05) is 26.7 Å². The normalized spacial score (nSPS) is 19.6. The summed E-state index contributed by atoms with van der Waals surface area (Å²) in [5, 5.41) is 3.60. The number of fused-ring (bicyclic) bond motifs is 2. The third-order valence-corrected chi connectivity index (χ3v) is 5.23. The molecular formula is C21H25N3O. The topological polar surface area (TPSA) is 36.9 Å². The Morgan fingerprint density at radius 2 is 1.96 bits per heavy atom. The van der Waals surface area contributed by atoms with Crippen LogP contribution in [0.2, 0.25) is 0 Å². The molecule has 1 unspecified atom stereocenters. The number of nitrogens with one attached hydrogen (secondary N) is 1. The van der Waals surface area contributed by atoms with E-state index >= 15 is 0 Å². The molecule has 4 rings (SSSR count). The van der Waals surface area contributed by atoms with Crippen molar-refractivity contribution in [1.29, 1.82) is 0 Å². The van der Waals surface area contributed by atoms with E-state index in [0.717, 1.165) is 50.8 Å². The second-order valence-electron chi connectivity index (χ2n) is 6.74. The average molecular weight is 335 g/mol. The third kappa shape index (κ3) is 3.34. The van der Waals surface area contributed by atoms with Crippen LogP contribution in [-0.2, 0) is 13.0 Å². The van der Waals surface area contributed by atoms with E-state index in [1.54, 1.807) is 0 Å². The molecular weight excluding hydrogens is 310 g/mol. The zero-order valence-corrected chi connectivity index (χ0v) is 14.7. The third-order valence-electron chi connectivity index (χ3n) is 5.23. The van der Waals surface area contributed by atoms with Crippen LogP contribution in [0.25, 0.3) is 0 Å². The number of para-hydroxylation sites is 1. The largest absolute Gasteiger partial charge is 0.493 e. The molecule has 2 aliphatic rings. The van der Waals surface area contributed by atoms with E-state index in [0.29, 0.717) is 5.92 Å². The molecule has 0 bridgehead atoms. The van der Waals surface area contributed by atoms with Crippen LogP contribution >= 0.6 is 0 Å². The maximum Gasteiger partial charge on any atom is 0.193 e. The van der Waals surface area contributed by atoms with Crippen LogP contribution in [0.15, 0.2) is 53.5 Å². The molecule has 4 nitrogen and oxygen atoms in total. The Balaban J connectivity index is 1.43. The van der Waals surface area contributed by atoms with Gasteiger partial charge in [-0.25, -0.2) is 0 Å². The summed E-state index contributed by atoms with van der Waals surface area (Å²) in [4.78, 5) is 6.88. The summed E-state index contributed by atoms with van der Waals surface area (Å²) in [6, 6.07) is 17.1. The minimum Gasteiger partial charge on any atom is -0.493 e. The summed E-state index contributed by atoms with van der Waals surface area (Å²) in [5.74, 6) is 2.50. The van der Waals surface area contributed by atoms with Gasteiger partial charge in [0, 0.05) is 32.6 Å². The molecule has 0 aromatic heterocycles. The van der Waals surface area contributed by atoms with Crippen molar-refractivity contribution in [3.05, 3.63) is 65.2 Å². The molecule has 4 heteroatoms. The van der Waals surface area contributed by atoms with Gasteiger partial charge in [-0.2, -0.15) is 0 Å². The van der Waals surface area contributed by atoms with Gasteiger partial charge in [-0.1, -0.05) is 42.5 Å². The van der Waals surface area contributed by atoms with Crippen molar-refractivity contribution in [2.45, 2.75) is 25.3 Å². The lowest BCUT2D eigenvalue weighted by Crippen LogP contribution is -2.45. The monoisotopic (exact) mass is 335 g/mol. The highest BCUT2D eigenvalue weighted by Crippen LogP contribution is 2.32. The van der Waals surface area contributed by atoms with E-state index < -0.39 is 0 Å². The fraction of sp³-hybridized carbons (Fsp3) is 0.381. The van der Waals surface area contributed by atoms with Gasteiger partial charge < -0.3 is 15.0 Å². The minimum absolute atomic E-state index is 0.471. The van der Waals surface area contributed by atoms with Crippen LogP contribution in [0.1, 0.15) is 29.0 Å². The Kier molecular flexibility index (Phi) is 4.59. The summed E-state index contributed by atoms with van der Waals surface area (Å²) in [6.07, 6.45) is 2.13. The van der Waals surface area contributed by atoms with Crippen molar-refractivity contribution < 1.29 is 4.74 Å². The van der Waals surface area contributed by atoms with E-state index in [9.17, 15) is 0 Å². The molecule has 130 valence electrons. The van der Waals surface area contributed by atoms with Gasteiger partial charge in [-0.3, -0.25) is 4.99 Å². The predicted octanol–water partition coefficient (Wildman–Crippen LogP) is 3.19. The number of aliphatic imine (C=N–C) groups is 1. The fourth-order valence-electron chi connectivity index (χ4n) is 3.85. The molecule has 0 saturated carbocycles. The molecule has 2 aliphatic heterocycles. The molecule has 25 heavy (non-hydrogen) atoms. The molecule has 2 aromatic rings. The van der Waals surface area contributed by atoms with Crippen molar-refractivity contribution in [2.24, 2.45) is 4.99 Å². The lowest BCUT2D eigenvalue weighted by atomic mass is 9.93. The maximum atomic E-state index is 5.77. The van der Waals surface area contributed by atoms with Gasteiger partial charge in [-0.15, -0.1) is 0 Å². The number of benzene rings is 2. The Morgan fingerprint density at radius 3 is 2.84 bits per heavy atom. The van der Waals surface area contributed by atoms with Crippen molar-refractivity contribution in [3.63, 3.8) is 0 Å². The highest BCUT2D eigenvalue weighted by Gasteiger charge is 2.23. The number of rotatable bonds is 2. The number of ether oxygens (including phenoxy) is 1. The van der Waals surface area contributed by atoms with Crippen molar-refractivity contribution in [3.8, 4) is 5.75 Å². The highest BCUT2D eigenvalue weighted by atomic mass is 16.5. The molecule has 0 aliphatic carbocycles. The Hall–Kier alpha value is -2.49. The highest BCUT2D eigenvalue weighted by molar-refractivity contribution is 5.80. The molecule has 0 fully saturated rings. The van der Waals surface area contributed by atoms with E-state index in [-0.39, 0.29) is 0 Å². The zero-order valence-electron chi connectivity index (χ0n) is 14.7. The van der Waals surface area contributed by atoms with E-state index in [2.05, 4.69) is 57.7 Å². The first-order chi connectivity index (χ1) is 12.3. The van der Waals surface area contributed by atoms with Crippen molar-refractivity contribution in [1.82, 2.24) is 10.2 Å². The number of guanidine groups is 1.